The van der Waals surface area contributed by atoms with Crippen molar-refractivity contribution in [3.05, 3.63) is 47.5 Å². The smallest absolute Gasteiger partial charge is 0.261 e. The molecule has 102 valence electrons. The van der Waals surface area contributed by atoms with Gasteiger partial charge < -0.3 is 0 Å². The maximum absolute atomic E-state index is 12.5. The molecule has 0 saturated carbocycles. The summed E-state index contributed by atoms with van der Waals surface area (Å²) in [5.41, 5.74) is 1.28. The van der Waals surface area contributed by atoms with Crippen molar-refractivity contribution >= 4 is 34.3 Å². The number of benzene rings is 2. The second-order valence-corrected chi connectivity index (χ2v) is 5.80. The first kappa shape index (κ1) is 13.2. The Kier molecular flexibility index (Phi) is 3.49. The molecule has 0 bridgehead atoms. The van der Waals surface area contributed by atoms with Crippen molar-refractivity contribution in [3.63, 3.8) is 0 Å². The summed E-state index contributed by atoms with van der Waals surface area (Å²) in [5, 5.41) is 1.75. The Balaban J connectivity index is 2.07. The van der Waals surface area contributed by atoms with E-state index < -0.39 is 0 Å². The first-order valence-corrected chi connectivity index (χ1v) is 8.00. The van der Waals surface area contributed by atoms with E-state index >= 15 is 0 Å². The zero-order chi connectivity index (χ0) is 14.1. The summed E-state index contributed by atoms with van der Waals surface area (Å²) in [6, 6.07) is 11.2. The third-order valence-corrected chi connectivity index (χ3v) is 4.28. The summed E-state index contributed by atoms with van der Waals surface area (Å²) in [5.74, 6) is 0.615. The van der Waals surface area contributed by atoms with Crippen LogP contribution in [0.1, 0.15) is 27.1 Å². The molecule has 2 aromatic rings. The minimum Gasteiger partial charge on any atom is -0.274 e. The molecule has 0 fully saturated rings. The lowest BCUT2D eigenvalue weighted by atomic mass is 9.94. The van der Waals surface area contributed by atoms with E-state index in [0.717, 1.165) is 22.9 Å². The highest BCUT2D eigenvalue weighted by Gasteiger charge is 2.31. The van der Waals surface area contributed by atoms with Crippen LogP contribution in [0.15, 0.2) is 36.4 Å². The molecule has 0 aromatic heterocycles. The van der Waals surface area contributed by atoms with Gasteiger partial charge in [0.15, 0.2) is 0 Å². The summed E-state index contributed by atoms with van der Waals surface area (Å²) < 4.78 is 0. The third kappa shape index (κ3) is 2.00. The second-order valence-electron chi connectivity index (χ2n) is 4.82. The maximum Gasteiger partial charge on any atom is 0.261 e. The molecule has 0 spiro atoms. The fourth-order valence-corrected chi connectivity index (χ4v) is 3.07. The normalized spacial score (nSPS) is 14.2. The van der Waals surface area contributed by atoms with Crippen LogP contribution in [0.5, 0.6) is 0 Å². The monoisotopic (exact) mass is 285 g/mol. The summed E-state index contributed by atoms with van der Waals surface area (Å²) in [7, 11) is 0. The maximum atomic E-state index is 12.5. The largest absolute Gasteiger partial charge is 0.274 e. The van der Waals surface area contributed by atoms with Crippen LogP contribution in [0.4, 0.5) is 0 Å². The van der Waals surface area contributed by atoms with Crippen molar-refractivity contribution in [1.82, 2.24) is 4.90 Å². The van der Waals surface area contributed by atoms with Crippen LogP contribution in [0.25, 0.3) is 10.8 Å². The van der Waals surface area contributed by atoms with Crippen molar-refractivity contribution in [2.75, 3.05) is 18.6 Å². The predicted molar refractivity (Wildman–Crippen MR) is 82.3 cm³/mol. The van der Waals surface area contributed by atoms with Crippen molar-refractivity contribution in [1.29, 1.82) is 0 Å². The number of hydrogen-bond donors (Lipinski definition) is 0. The molecule has 4 heteroatoms. The Hall–Kier alpha value is -1.81. The van der Waals surface area contributed by atoms with Crippen molar-refractivity contribution in [2.45, 2.75) is 6.42 Å². The number of amides is 2. The van der Waals surface area contributed by atoms with Gasteiger partial charge in [-0.3, -0.25) is 14.5 Å². The number of rotatable bonds is 4. The summed E-state index contributed by atoms with van der Waals surface area (Å²) in [6.45, 7) is 0.489. The molecule has 1 aliphatic rings. The highest BCUT2D eigenvalue weighted by Crippen LogP contribution is 2.29. The Morgan fingerprint density at radius 3 is 2.15 bits per heavy atom. The fourth-order valence-electron chi connectivity index (χ4n) is 2.65. The standard InChI is InChI=1S/C16H15NO2S/c1-20-10-4-9-17-15(18)12-7-2-5-11-6-3-8-13(14(11)12)16(17)19/h2-3,5-8H,4,9-10H2,1H3. The van der Waals surface area contributed by atoms with Gasteiger partial charge in [0.25, 0.3) is 11.8 Å². The lowest BCUT2D eigenvalue weighted by molar-refractivity contribution is 0.0611. The predicted octanol–water partition coefficient (Wildman–Crippen LogP) is 3.19. The van der Waals surface area contributed by atoms with Crippen LogP contribution in [-0.4, -0.2) is 35.3 Å². The first-order chi connectivity index (χ1) is 9.74. The molecule has 0 radical (unpaired) electrons. The SMILES string of the molecule is CSCCCN1C(=O)c2cccc3cccc(c23)C1=O. The first-order valence-electron chi connectivity index (χ1n) is 6.61. The van der Waals surface area contributed by atoms with Crippen molar-refractivity contribution < 1.29 is 9.59 Å². The Labute approximate surface area is 122 Å². The zero-order valence-corrected chi connectivity index (χ0v) is 12.1. The number of thioether (sulfide) groups is 1. The number of carbonyl (C=O) groups is 2. The molecule has 3 rings (SSSR count). The molecule has 0 N–H and O–H groups in total. The van der Waals surface area contributed by atoms with Crippen molar-refractivity contribution in [3.8, 4) is 0 Å². The lowest BCUT2D eigenvalue weighted by Gasteiger charge is -2.27. The van der Waals surface area contributed by atoms with E-state index in [2.05, 4.69) is 0 Å². The Morgan fingerprint density at radius 2 is 1.60 bits per heavy atom. The average molecular weight is 285 g/mol. The van der Waals surface area contributed by atoms with Crippen LogP contribution in [-0.2, 0) is 0 Å². The zero-order valence-electron chi connectivity index (χ0n) is 11.3. The van der Waals surface area contributed by atoms with E-state index in [9.17, 15) is 9.59 Å². The van der Waals surface area contributed by atoms with E-state index in [1.165, 1.54) is 4.90 Å². The van der Waals surface area contributed by atoms with Crippen LogP contribution < -0.4 is 0 Å². The fraction of sp³-hybridized carbons (Fsp3) is 0.250. The molecular formula is C16H15NO2S. The lowest BCUT2D eigenvalue weighted by Crippen LogP contribution is -2.41. The topological polar surface area (TPSA) is 37.4 Å². The van der Waals surface area contributed by atoms with E-state index in [1.54, 1.807) is 11.8 Å². The Morgan fingerprint density at radius 1 is 1.00 bits per heavy atom. The second kappa shape index (κ2) is 5.29. The van der Waals surface area contributed by atoms with Gasteiger partial charge in [-0.05, 0) is 35.9 Å². The van der Waals surface area contributed by atoms with Gasteiger partial charge in [0.2, 0.25) is 0 Å². The summed E-state index contributed by atoms with van der Waals surface area (Å²) in [4.78, 5) is 26.4. The summed E-state index contributed by atoms with van der Waals surface area (Å²) in [6.07, 6.45) is 2.85. The van der Waals surface area contributed by atoms with Gasteiger partial charge in [-0.1, -0.05) is 24.3 Å². The molecule has 0 saturated heterocycles. The van der Waals surface area contributed by atoms with Crippen molar-refractivity contribution in [2.24, 2.45) is 0 Å². The minimum absolute atomic E-state index is 0.166. The molecule has 20 heavy (non-hydrogen) atoms. The molecule has 2 aromatic carbocycles. The molecule has 0 aliphatic carbocycles. The highest BCUT2D eigenvalue weighted by atomic mass is 32.2. The minimum atomic E-state index is -0.166. The average Bonchev–Trinajstić information content (AvgIpc) is 2.48. The van der Waals surface area contributed by atoms with Gasteiger partial charge in [-0.2, -0.15) is 11.8 Å². The van der Waals surface area contributed by atoms with Crippen LogP contribution in [0.3, 0.4) is 0 Å². The number of imide groups is 1. The van der Waals surface area contributed by atoms with Crippen LogP contribution in [0.2, 0.25) is 0 Å². The van der Waals surface area contributed by atoms with E-state index in [-0.39, 0.29) is 11.8 Å². The Bertz CT molecular complexity index is 645. The number of nitrogens with zero attached hydrogens (tertiary/aromatic N) is 1. The molecule has 3 nitrogen and oxygen atoms in total. The quantitative estimate of drug-likeness (QED) is 0.639. The molecule has 2 amide bonds. The van der Waals surface area contributed by atoms with Crippen LogP contribution >= 0.6 is 11.8 Å². The summed E-state index contributed by atoms with van der Waals surface area (Å²) >= 11 is 1.72. The molecule has 1 aliphatic heterocycles. The third-order valence-electron chi connectivity index (χ3n) is 3.59. The number of hydrogen-bond acceptors (Lipinski definition) is 3. The van der Waals surface area contributed by atoms with E-state index in [0.29, 0.717) is 17.7 Å². The molecular weight excluding hydrogens is 270 g/mol. The van der Waals surface area contributed by atoms with Gasteiger partial charge in [-0.15, -0.1) is 0 Å². The van der Waals surface area contributed by atoms with Crippen LogP contribution in [0, 0.1) is 0 Å². The van der Waals surface area contributed by atoms with E-state index in [4.69, 9.17) is 0 Å². The molecule has 0 atom stereocenters. The van der Waals surface area contributed by atoms with Gasteiger partial charge >= 0.3 is 0 Å². The van der Waals surface area contributed by atoms with Gasteiger partial charge in [-0.25, -0.2) is 0 Å². The highest BCUT2D eigenvalue weighted by molar-refractivity contribution is 7.98. The van der Waals surface area contributed by atoms with Gasteiger partial charge in [0, 0.05) is 23.1 Å². The van der Waals surface area contributed by atoms with Gasteiger partial charge in [0.05, 0.1) is 0 Å². The molecule has 1 heterocycles. The van der Waals surface area contributed by atoms with E-state index in [1.807, 2.05) is 42.7 Å². The molecule has 0 unspecified atom stereocenters. The number of carbonyl (C=O) groups excluding carboxylic acids is 2. The van der Waals surface area contributed by atoms with Gasteiger partial charge in [0.1, 0.15) is 0 Å².